The fourth-order valence-corrected chi connectivity index (χ4v) is 5.45. The van der Waals surface area contributed by atoms with Crippen LogP contribution in [0.2, 0.25) is 0 Å². The molecule has 128 valence electrons. The Kier molecular flexibility index (Phi) is 4.71. The molecule has 0 bridgehead atoms. The first-order chi connectivity index (χ1) is 10.6. The number of aliphatic carboxylic acids is 2. The van der Waals surface area contributed by atoms with Gasteiger partial charge in [-0.15, -0.1) is 23.5 Å². The lowest BCUT2D eigenvalue weighted by Gasteiger charge is -2.47. The molecule has 0 radical (unpaired) electrons. The molecule has 0 aromatic rings. The number of β-lactam (4-membered cyclic amide) rings is 1. The standard InChI is InChI=1S/C13H18N2O6S2/c1-12(2)13(11(20)21,6(16)3-4-22-5-7(17)18)15-9(19)8(14)10(15)23-12/h8,10H,3-5,14H2,1-2H3,(H,17,18)(H,20,21)/t8-,10-,13+/m1/s1. The number of amides is 1. The van der Waals surface area contributed by atoms with Gasteiger partial charge in [-0.1, -0.05) is 0 Å². The van der Waals surface area contributed by atoms with Gasteiger partial charge in [0.1, 0.15) is 11.4 Å². The number of carbonyl (C=O) groups is 4. The SMILES string of the molecule is CC1(C)S[C@@H]2[C@H](N)C(=O)N2[C@]1(C(=O)O)C(=O)CCSCC(=O)O. The second-order valence-electron chi connectivity index (χ2n) is 5.89. The highest BCUT2D eigenvalue weighted by molar-refractivity contribution is 8.01. The van der Waals surface area contributed by atoms with Crippen LogP contribution in [0.5, 0.6) is 0 Å². The number of nitrogens with zero attached hydrogens (tertiary/aromatic N) is 1. The summed E-state index contributed by atoms with van der Waals surface area (Å²) < 4.78 is -1.03. The molecule has 0 saturated carbocycles. The molecule has 3 atom stereocenters. The first-order valence-corrected chi connectivity index (χ1v) is 8.93. The van der Waals surface area contributed by atoms with Crippen LogP contribution in [0.3, 0.4) is 0 Å². The molecule has 2 saturated heterocycles. The Morgan fingerprint density at radius 3 is 2.48 bits per heavy atom. The Bertz CT molecular complexity index is 581. The van der Waals surface area contributed by atoms with Gasteiger partial charge in [0.25, 0.3) is 0 Å². The van der Waals surface area contributed by atoms with E-state index in [0.717, 1.165) is 16.7 Å². The molecule has 2 aliphatic heterocycles. The predicted molar refractivity (Wildman–Crippen MR) is 85.2 cm³/mol. The van der Waals surface area contributed by atoms with Crippen molar-refractivity contribution in [2.24, 2.45) is 5.73 Å². The van der Waals surface area contributed by atoms with Crippen LogP contribution in [-0.4, -0.2) is 71.9 Å². The number of carboxylic acids is 2. The molecule has 0 spiro atoms. The van der Waals surface area contributed by atoms with E-state index in [0.29, 0.717) is 0 Å². The summed E-state index contributed by atoms with van der Waals surface area (Å²) in [5.74, 6) is -3.49. The number of Topliss-reactive ketones (excluding diaryl/α,β-unsaturated/α-hetero) is 1. The van der Waals surface area contributed by atoms with Gasteiger partial charge in [-0.05, 0) is 13.8 Å². The Labute approximate surface area is 141 Å². The lowest BCUT2D eigenvalue weighted by atomic mass is 9.76. The van der Waals surface area contributed by atoms with E-state index in [1.807, 2.05) is 0 Å². The summed E-state index contributed by atoms with van der Waals surface area (Å²) in [4.78, 5) is 48.4. The van der Waals surface area contributed by atoms with Gasteiger partial charge in [-0.2, -0.15) is 0 Å². The van der Waals surface area contributed by atoms with E-state index in [1.165, 1.54) is 11.8 Å². The monoisotopic (exact) mass is 362 g/mol. The third-order valence-electron chi connectivity index (χ3n) is 4.14. The first kappa shape index (κ1) is 18.1. The van der Waals surface area contributed by atoms with Crippen LogP contribution in [0.1, 0.15) is 20.3 Å². The van der Waals surface area contributed by atoms with Crippen molar-refractivity contribution in [1.82, 2.24) is 4.90 Å². The summed E-state index contributed by atoms with van der Waals surface area (Å²) in [7, 11) is 0. The highest BCUT2D eigenvalue weighted by Gasteiger charge is 2.74. The minimum Gasteiger partial charge on any atom is -0.481 e. The number of hydrogen-bond acceptors (Lipinski definition) is 7. The molecule has 2 fully saturated rings. The van der Waals surface area contributed by atoms with Crippen molar-refractivity contribution in [3.05, 3.63) is 0 Å². The number of carboxylic acid groups (broad SMARTS) is 2. The fourth-order valence-electron chi connectivity index (χ4n) is 3.10. The Hall–Kier alpha value is -1.26. The van der Waals surface area contributed by atoms with E-state index in [-0.39, 0.29) is 17.9 Å². The van der Waals surface area contributed by atoms with E-state index in [2.05, 4.69) is 0 Å². The molecule has 8 nitrogen and oxygen atoms in total. The minimum absolute atomic E-state index is 0.125. The van der Waals surface area contributed by atoms with Crippen molar-refractivity contribution in [2.75, 3.05) is 11.5 Å². The largest absolute Gasteiger partial charge is 0.481 e. The first-order valence-electron chi connectivity index (χ1n) is 6.90. The summed E-state index contributed by atoms with van der Waals surface area (Å²) in [6.07, 6.45) is -0.125. The number of rotatable bonds is 7. The smallest absolute Gasteiger partial charge is 0.339 e. The zero-order chi connectivity index (χ0) is 17.6. The molecule has 1 amide bonds. The molecule has 0 aliphatic carbocycles. The molecule has 2 rings (SSSR count). The van der Waals surface area contributed by atoms with Gasteiger partial charge in [-0.3, -0.25) is 14.4 Å². The maximum atomic E-state index is 12.7. The number of fused-ring (bicyclic) bond motifs is 1. The summed E-state index contributed by atoms with van der Waals surface area (Å²) in [6.45, 7) is 3.23. The van der Waals surface area contributed by atoms with Crippen molar-refractivity contribution in [2.45, 2.75) is 42.0 Å². The summed E-state index contributed by atoms with van der Waals surface area (Å²) in [6, 6.07) is -0.797. The van der Waals surface area contributed by atoms with Gasteiger partial charge < -0.3 is 20.8 Å². The maximum Gasteiger partial charge on any atom is 0.339 e. The average molecular weight is 362 g/mol. The number of hydrogen-bond donors (Lipinski definition) is 3. The zero-order valence-electron chi connectivity index (χ0n) is 12.6. The van der Waals surface area contributed by atoms with Gasteiger partial charge in [-0.25, -0.2) is 4.79 Å². The van der Waals surface area contributed by atoms with Gasteiger partial charge in [0.2, 0.25) is 11.4 Å². The molecule has 4 N–H and O–H groups in total. The topological polar surface area (TPSA) is 138 Å². The van der Waals surface area contributed by atoms with Gasteiger partial charge in [0, 0.05) is 12.2 Å². The molecule has 2 heterocycles. The Morgan fingerprint density at radius 1 is 1.35 bits per heavy atom. The Balaban J connectivity index is 2.25. The van der Waals surface area contributed by atoms with E-state index >= 15 is 0 Å². The van der Waals surface area contributed by atoms with Crippen LogP contribution in [0.25, 0.3) is 0 Å². The molecular weight excluding hydrogens is 344 g/mol. The van der Waals surface area contributed by atoms with Gasteiger partial charge in [0.05, 0.1) is 10.5 Å². The number of nitrogens with two attached hydrogens (primary N) is 1. The van der Waals surface area contributed by atoms with E-state index in [1.54, 1.807) is 13.8 Å². The van der Waals surface area contributed by atoms with Crippen molar-refractivity contribution < 1.29 is 29.4 Å². The number of ketones is 1. The molecule has 0 unspecified atom stereocenters. The average Bonchev–Trinajstić information content (AvgIpc) is 2.68. The minimum atomic E-state index is -1.96. The van der Waals surface area contributed by atoms with Gasteiger partial charge in [0.15, 0.2) is 5.78 Å². The number of carbonyl (C=O) groups excluding carboxylic acids is 2. The summed E-state index contributed by atoms with van der Waals surface area (Å²) in [5, 5.41) is 17.8. The lowest BCUT2D eigenvalue weighted by Crippen LogP contribution is -2.77. The van der Waals surface area contributed by atoms with Crippen LogP contribution in [0.15, 0.2) is 0 Å². The highest BCUT2D eigenvalue weighted by atomic mass is 32.2. The third-order valence-corrected chi connectivity index (χ3v) is 6.72. The molecule has 10 heteroatoms. The van der Waals surface area contributed by atoms with Crippen molar-refractivity contribution in [3.8, 4) is 0 Å². The molecule has 0 aromatic carbocycles. The van der Waals surface area contributed by atoms with Crippen molar-refractivity contribution >= 4 is 47.2 Å². The van der Waals surface area contributed by atoms with Crippen LogP contribution >= 0.6 is 23.5 Å². The number of thioether (sulfide) groups is 2. The molecule has 23 heavy (non-hydrogen) atoms. The van der Waals surface area contributed by atoms with Crippen molar-refractivity contribution in [1.29, 1.82) is 0 Å². The quantitative estimate of drug-likeness (QED) is 0.314. The van der Waals surface area contributed by atoms with Crippen LogP contribution in [0.4, 0.5) is 0 Å². The second kappa shape index (κ2) is 5.99. The van der Waals surface area contributed by atoms with E-state index in [9.17, 15) is 24.3 Å². The van der Waals surface area contributed by atoms with E-state index < -0.39 is 45.3 Å². The van der Waals surface area contributed by atoms with Gasteiger partial charge >= 0.3 is 11.9 Å². The lowest BCUT2D eigenvalue weighted by molar-refractivity contribution is -0.174. The predicted octanol–water partition coefficient (Wildman–Crippen LogP) is -0.392. The normalized spacial score (nSPS) is 31.4. The van der Waals surface area contributed by atoms with Crippen molar-refractivity contribution in [3.63, 3.8) is 0 Å². The molecule has 2 aliphatic rings. The maximum absolute atomic E-state index is 12.7. The fraction of sp³-hybridized carbons (Fsp3) is 0.692. The third kappa shape index (κ3) is 2.52. The van der Waals surface area contributed by atoms with Crippen LogP contribution in [-0.2, 0) is 19.2 Å². The second-order valence-corrected chi connectivity index (χ2v) is 8.73. The highest BCUT2D eigenvalue weighted by Crippen LogP contribution is 2.57. The molecule has 0 aromatic heterocycles. The zero-order valence-corrected chi connectivity index (χ0v) is 14.3. The summed E-state index contributed by atoms with van der Waals surface area (Å²) in [5.41, 5.74) is 3.76. The Morgan fingerprint density at radius 2 is 1.96 bits per heavy atom. The summed E-state index contributed by atoms with van der Waals surface area (Å²) >= 11 is 2.25. The molecular formula is C13H18N2O6S2. The van der Waals surface area contributed by atoms with Crippen LogP contribution in [0, 0.1) is 0 Å². The van der Waals surface area contributed by atoms with Crippen LogP contribution < -0.4 is 5.73 Å². The van der Waals surface area contributed by atoms with E-state index in [4.69, 9.17) is 10.8 Å².